The van der Waals surface area contributed by atoms with Crippen molar-refractivity contribution in [3.63, 3.8) is 0 Å². The predicted octanol–water partition coefficient (Wildman–Crippen LogP) is 4.06. The molecular weight excluding hydrogens is 430 g/mol. The van der Waals surface area contributed by atoms with E-state index in [1.807, 2.05) is 30.3 Å². The number of aromatic amines is 1. The Kier molecular flexibility index (Phi) is 4.92. The number of nitrogens with zero attached hydrogens (tertiary/aromatic N) is 2. The van der Waals surface area contributed by atoms with Gasteiger partial charge in [0.25, 0.3) is 0 Å². The van der Waals surface area contributed by atoms with Gasteiger partial charge < -0.3 is 20.9 Å². The molecule has 0 saturated heterocycles. The first-order valence-electron chi connectivity index (χ1n) is 10.3. The number of hydrogen-bond acceptors (Lipinski definition) is 7. The van der Waals surface area contributed by atoms with Crippen LogP contribution in [0.15, 0.2) is 86.8 Å². The van der Waals surface area contributed by atoms with Gasteiger partial charge in [-0.05, 0) is 42.5 Å². The molecule has 0 spiro atoms. The maximum absolute atomic E-state index is 12.2. The van der Waals surface area contributed by atoms with Crippen molar-refractivity contribution < 1.29 is 4.42 Å². The number of aromatic nitrogens is 2. The molecule has 6 aromatic rings. The summed E-state index contributed by atoms with van der Waals surface area (Å²) in [6.07, 6.45) is 0. The topological polar surface area (TPSA) is 152 Å². The lowest BCUT2D eigenvalue weighted by atomic mass is 10.1. The molecule has 0 aliphatic rings. The number of nitrogens with one attached hydrogen (secondary N) is 1. The Hall–Kier alpha value is -5.16. The summed E-state index contributed by atoms with van der Waals surface area (Å²) in [6.45, 7) is 0. The molecule has 0 aliphatic carbocycles. The Morgan fingerprint density at radius 1 is 0.794 bits per heavy atom. The number of nitrogens with two attached hydrogens (primary N) is 2. The lowest BCUT2D eigenvalue weighted by Gasteiger charge is -2.02. The number of hydrogen-bond donors (Lipinski definition) is 3. The lowest BCUT2D eigenvalue weighted by Crippen LogP contribution is -2.06. The van der Waals surface area contributed by atoms with Gasteiger partial charge in [-0.25, -0.2) is 4.98 Å². The molecule has 0 aliphatic heterocycles. The standard InChI is InChI=1S/C13H7N3O2.C13H10N2O/c14-6-7-5-10-11(16-13(7)15)12(17)8-3-1-2-4-9(8)18-10;14-8-5-6-10-12(7-8)15-11-4-2-1-3-9(11)13(10)16/h1-5H,(H2,15,16);1-7H,14H2,(H,15,16). The van der Waals surface area contributed by atoms with Gasteiger partial charge in [-0.2, -0.15) is 5.26 Å². The maximum Gasteiger partial charge on any atom is 0.219 e. The molecule has 8 nitrogen and oxygen atoms in total. The van der Waals surface area contributed by atoms with E-state index in [1.54, 1.807) is 42.5 Å². The fourth-order valence-corrected chi connectivity index (χ4v) is 3.77. The van der Waals surface area contributed by atoms with Crippen molar-refractivity contribution in [2.45, 2.75) is 0 Å². The second-order valence-electron chi connectivity index (χ2n) is 7.61. The fraction of sp³-hybridized carbons (Fsp3) is 0. The molecule has 5 N–H and O–H groups in total. The zero-order chi connectivity index (χ0) is 23.8. The predicted molar refractivity (Wildman–Crippen MR) is 133 cm³/mol. The molecule has 8 heteroatoms. The average Bonchev–Trinajstić information content (AvgIpc) is 2.85. The summed E-state index contributed by atoms with van der Waals surface area (Å²) < 4.78 is 5.56. The highest BCUT2D eigenvalue weighted by atomic mass is 16.3. The Morgan fingerprint density at radius 3 is 2.29 bits per heavy atom. The number of nitrogen functional groups attached to an aromatic ring is 2. The minimum atomic E-state index is -0.247. The highest BCUT2D eigenvalue weighted by molar-refractivity contribution is 5.93. The number of para-hydroxylation sites is 2. The number of anilines is 2. The molecule has 0 atom stereocenters. The van der Waals surface area contributed by atoms with Gasteiger partial charge in [-0.3, -0.25) is 9.59 Å². The van der Waals surface area contributed by atoms with Gasteiger partial charge in [0.05, 0.1) is 16.5 Å². The molecule has 6 rings (SSSR count). The molecule has 3 aromatic carbocycles. The van der Waals surface area contributed by atoms with Crippen LogP contribution in [-0.2, 0) is 0 Å². The van der Waals surface area contributed by atoms with Crippen molar-refractivity contribution in [1.29, 1.82) is 5.26 Å². The number of benzene rings is 3. The third kappa shape index (κ3) is 3.47. The van der Waals surface area contributed by atoms with Gasteiger partial charge in [0.15, 0.2) is 16.5 Å². The fourth-order valence-electron chi connectivity index (χ4n) is 3.77. The van der Waals surface area contributed by atoms with Crippen molar-refractivity contribution >= 4 is 55.4 Å². The highest BCUT2D eigenvalue weighted by Crippen LogP contribution is 2.20. The van der Waals surface area contributed by atoms with Crippen LogP contribution in [-0.4, -0.2) is 9.97 Å². The van der Waals surface area contributed by atoms with Crippen molar-refractivity contribution in [1.82, 2.24) is 9.97 Å². The van der Waals surface area contributed by atoms with E-state index >= 15 is 0 Å². The summed E-state index contributed by atoms with van der Waals surface area (Å²) in [5.74, 6) is 0.0348. The van der Waals surface area contributed by atoms with Crippen LogP contribution in [0.4, 0.5) is 11.5 Å². The Bertz CT molecular complexity index is 1900. The smallest absolute Gasteiger partial charge is 0.219 e. The van der Waals surface area contributed by atoms with Crippen LogP contribution in [0.25, 0.3) is 43.9 Å². The van der Waals surface area contributed by atoms with Crippen molar-refractivity contribution in [3.05, 3.63) is 98.8 Å². The van der Waals surface area contributed by atoms with Crippen LogP contribution in [0.1, 0.15) is 5.56 Å². The summed E-state index contributed by atoms with van der Waals surface area (Å²) >= 11 is 0. The average molecular weight is 447 g/mol. The second-order valence-corrected chi connectivity index (χ2v) is 7.61. The summed E-state index contributed by atoms with van der Waals surface area (Å²) in [7, 11) is 0. The molecule has 34 heavy (non-hydrogen) atoms. The summed E-state index contributed by atoms with van der Waals surface area (Å²) in [6, 6.07) is 23.0. The monoisotopic (exact) mass is 447 g/mol. The summed E-state index contributed by atoms with van der Waals surface area (Å²) in [5, 5.41) is 10.7. The molecule has 0 fully saturated rings. The lowest BCUT2D eigenvalue weighted by molar-refractivity contribution is 0.658. The van der Waals surface area contributed by atoms with Crippen LogP contribution >= 0.6 is 0 Å². The van der Waals surface area contributed by atoms with Gasteiger partial charge in [-0.15, -0.1) is 0 Å². The Labute approximate surface area is 191 Å². The van der Waals surface area contributed by atoms with E-state index in [0.717, 1.165) is 11.0 Å². The highest BCUT2D eigenvalue weighted by Gasteiger charge is 2.11. The minimum absolute atomic E-state index is 0.0348. The molecule has 164 valence electrons. The molecule has 3 aromatic heterocycles. The first-order valence-corrected chi connectivity index (χ1v) is 10.3. The Morgan fingerprint density at radius 2 is 1.50 bits per heavy atom. The first kappa shape index (κ1) is 20.7. The minimum Gasteiger partial charge on any atom is -0.454 e. The third-order valence-corrected chi connectivity index (χ3v) is 5.43. The van der Waals surface area contributed by atoms with Crippen LogP contribution < -0.4 is 22.3 Å². The molecular formula is C26H17N5O3. The van der Waals surface area contributed by atoms with Gasteiger partial charge in [0.1, 0.15) is 17.5 Å². The van der Waals surface area contributed by atoms with Crippen LogP contribution in [0.3, 0.4) is 0 Å². The van der Waals surface area contributed by atoms with Crippen LogP contribution in [0.2, 0.25) is 0 Å². The van der Waals surface area contributed by atoms with Crippen molar-refractivity contribution in [2.75, 3.05) is 11.5 Å². The van der Waals surface area contributed by atoms with Crippen molar-refractivity contribution in [3.8, 4) is 6.07 Å². The SMILES string of the molecule is N#Cc1cc2oc3ccccc3c(=O)c2nc1N.Nc1ccc2c(=O)c3ccccc3[nH]c2c1. The van der Waals surface area contributed by atoms with Gasteiger partial charge in [0.2, 0.25) is 5.43 Å². The van der Waals surface area contributed by atoms with Crippen LogP contribution in [0, 0.1) is 11.3 Å². The third-order valence-electron chi connectivity index (χ3n) is 5.43. The first-order chi connectivity index (χ1) is 16.5. The van der Waals surface area contributed by atoms with Gasteiger partial charge in [-0.1, -0.05) is 24.3 Å². The number of fused-ring (bicyclic) bond motifs is 4. The van der Waals surface area contributed by atoms with E-state index in [0.29, 0.717) is 27.4 Å². The quantitative estimate of drug-likeness (QED) is 0.234. The molecule has 0 amide bonds. The number of pyridine rings is 2. The van der Waals surface area contributed by atoms with E-state index in [4.69, 9.17) is 21.1 Å². The van der Waals surface area contributed by atoms with Gasteiger partial charge >= 0.3 is 0 Å². The van der Waals surface area contributed by atoms with Crippen LogP contribution in [0.5, 0.6) is 0 Å². The second kappa shape index (κ2) is 8.07. The number of rotatable bonds is 0. The van der Waals surface area contributed by atoms with E-state index in [-0.39, 0.29) is 33.3 Å². The number of nitriles is 1. The number of H-pyrrole nitrogens is 1. The zero-order valence-electron chi connectivity index (χ0n) is 17.7. The van der Waals surface area contributed by atoms with Gasteiger partial charge in [0, 0.05) is 28.0 Å². The maximum atomic E-state index is 12.2. The van der Waals surface area contributed by atoms with E-state index < -0.39 is 0 Å². The van der Waals surface area contributed by atoms with Crippen molar-refractivity contribution in [2.24, 2.45) is 0 Å². The van der Waals surface area contributed by atoms with E-state index in [2.05, 4.69) is 9.97 Å². The van der Waals surface area contributed by atoms with E-state index in [1.165, 1.54) is 6.07 Å². The molecule has 3 heterocycles. The largest absolute Gasteiger partial charge is 0.454 e. The molecule has 0 radical (unpaired) electrons. The Balaban J connectivity index is 0.000000142. The molecule has 0 unspecified atom stereocenters. The summed E-state index contributed by atoms with van der Waals surface area (Å²) in [4.78, 5) is 31.5. The molecule has 0 saturated carbocycles. The van der Waals surface area contributed by atoms with E-state index in [9.17, 15) is 9.59 Å². The molecule has 0 bridgehead atoms. The normalized spacial score (nSPS) is 10.8. The zero-order valence-corrected chi connectivity index (χ0v) is 17.7. The summed E-state index contributed by atoms with van der Waals surface area (Å²) in [5.41, 5.74) is 14.4.